The fraction of sp³-hybridized carbons (Fsp3) is 0.342. The van der Waals surface area contributed by atoms with Gasteiger partial charge in [-0.3, -0.25) is 14.4 Å². The van der Waals surface area contributed by atoms with Crippen molar-refractivity contribution in [2.45, 2.75) is 50.8 Å². The predicted molar refractivity (Wildman–Crippen MR) is 180 cm³/mol. The number of hydrogen-bond acceptors (Lipinski definition) is 6. The van der Waals surface area contributed by atoms with Crippen molar-refractivity contribution in [3.05, 3.63) is 133 Å². The summed E-state index contributed by atoms with van der Waals surface area (Å²) in [6, 6.07) is 27.7. The molecule has 4 atom stereocenters. The first-order valence-corrected chi connectivity index (χ1v) is 15.7. The number of allylic oxidation sites excluding steroid dienone is 2. The molecule has 0 saturated carbocycles. The van der Waals surface area contributed by atoms with Crippen molar-refractivity contribution in [3.8, 4) is 0 Å². The number of ether oxygens (including phenoxy) is 2. The van der Waals surface area contributed by atoms with Crippen LogP contribution in [0.25, 0.3) is 0 Å². The Morgan fingerprint density at radius 1 is 0.696 bits per heavy atom. The Balaban J connectivity index is 1.63. The second-order valence-electron chi connectivity index (χ2n) is 11.3. The van der Waals surface area contributed by atoms with Crippen LogP contribution >= 0.6 is 0 Å². The summed E-state index contributed by atoms with van der Waals surface area (Å²) >= 11 is 0. The van der Waals surface area contributed by atoms with E-state index in [1.54, 1.807) is 12.2 Å². The van der Waals surface area contributed by atoms with Crippen LogP contribution in [0.1, 0.15) is 36.0 Å². The number of amides is 2. The van der Waals surface area contributed by atoms with E-state index in [-0.39, 0.29) is 50.4 Å². The van der Waals surface area contributed by atoms with E-state index < -0.39 is 23.9 Å². The number of esters is 1. The van der Waals surface area contributed by atoms with Gasteiger partial charge in [-0.15, -0.1) is 13.2 Å². The van der Waals surface area contributed by atoms with Gasteiger partial charge in [0.25, 0.3) is 0 Å². The van der Waals surface area contributed by atoms with E-state index in [9.17, 15) is 19.5 Å². The van der Waals surface area contributed by atoms with E-state index in [4.69, 9.17) is 9.47 Å². The molecular weight excluding hydrogens is 580 g/mol. The van der Waals surface area contributed by atoms with Crippen molar-refractivity contribution in [1.82, 2.24) is 10.6 Å². The van der Waals surface area contributed by atoms with Gasteiger partial charge in [-0.1, -0.05) is 103 Å². The molecule has 3 aromatic rings. The lowest BCUT2D eigenvalue weighted by Gasteiger charge is -2.24. The van der Waals surface area contributed by atoms with Crippen LogP contribution < -0.4 is 10.6 Å². The number of carbonyl (C=O) groups excluding carboxylic acids is 3. The van der Waals surface area contributed by atoms with Gasteiger partial charge in [0.1, 0.15) is 6.61 Å². The van der Waals surface area contributed by atoms with Gasteiger partial charge in [-0.2, -0.15) is 0 Å². The van der Waals surface area contributed by atoms with E-state index in [1.165, 1.54) is 0 Å². The summed E-state index contributed by atoms with van der Waals surface area (Å²) in [4.78, 5) is 39.6. The van der Waals surface area contributed by atoms with Gasteiger partial charge in [0, 0.05) is 6.42 Å². The molecule has 0 aliphatic rings. The molecule has 3 N–H and O–H groups in total. The smallest absolute Gasteiger partial charge is 0.309 e. The van der Waals surface area contributed by atoms with Crippen molar-refractivity contribution in [3.63, 3.8) is 0 Å². The van der Waals surface area contributed by atoms with E-state index in [1.807, 2.05) is 91.0 Å². The summed E-state index contributed by atoms with van der Waals surface area (Å²) in [7, 11) is 0. The van der Waals surface area contributed by atoms with Crippen LogP contribution in [0.4, 0.5) is 0 Å². The van der Waals surface area contributed by atoms with Crippen molar-refractivity contribution in [1.29, 1.82) is 0 Å². The number of carbonyl (C=O) groups is 3. The molecule has 0 heterocycles. The van der Waals surface area contributed by atoms with Crippen molar-refractivity contribution < 1.29 is 29.0 Å². The van der Waals surface area contributed by atoms with Crippen LogP contribution in [0.2, 0.25) is 0 Å². The zero-order valence-electron chi connectivity index (χ0n) is 26.4. The molecule has 0 bridgehead atoms. The largest absolute Gasteiger partial charge is 0.463 e. The van der Waals surface area contributed by atoms with E-state index >= 15 is 0 Å². The van der Waals surface area contributed by atoms with Crippen LogP contribution in [0.5, 0.6) is 0 Å². The second kappa shape index (κ2) is 20.5. The summed E-state index contributed by atoms with van der Waals surface area (Å²) in [6.07, 6.45) is 4.87. The average Bonchev–Trinajstić information content (AvgIpc) is 3.07. The molecule has 0 saturated heterocycles. The maximum absolute atomic E-state index is 13.5. The Morgan fingerprint density at radius 3 is 1.80 bits per heavy atom. The molecule has 2 amide bonds. The summed E-state index contributed by atoms with van der Waals surface area (Å²) in [5.74, 6) is -2.26. The van der Waals surface area contributed by atoms with Crippen molar-refractivity contribution in [2.24, 2.45) is 11.8 Å². The molecular formula is C38H46N2O6. The zero-order chi connectivity index (χ0) is 33.0. The fourth-order valence-electron chi connectivity index (χ4n) is 5.06. The Hall–Kier alpha value is -4.53. The maximum atomic E-state index is 13.5. The Labute approximate surface area is 272 Å². The highest BCUT2D eigenvalue weighted by atomic mass is 16.5. The minimum Gasteiger partial charge on any atom is -0.463 e. The molecule has 0 unspecified atom stereocenters. The third kappa shape index (κ3) is 13.2. The molecule has 0 radical (unpaired) electrons. The van der Waals surface area contributed by atoms with Crippen LogP contribution in [0.3, 0.4) is 0 Å². The quantitative estimate of drug-likeness (QED) is 0.114. The standard InChI is InChI=1S/C38H46N2O6/c1-3-14-32(24-36(42)39-34(25-41)23-30-18-10-6-11-19-30)37(43)40-35(27-45-26-31-20-12-7-13-21-31)28-46-38(44)33(15-4-2)22-29-16-8-5-9-17-29/h3-13,16-21,32-35,41H,1-2,14-15,22-28H2,(H,39,42)(H,40,43)/t32-,33+,34+,35+/m1/s1. The van der Waals surface area contributed by atoms with Crippen molar-refractivity contribution in [2.75, 3.05) is 19.8 Å². The highest BCUT2D eigenvalue weighted by molar-refractivity contribution is 5.86. The monoisotopic (exact) mass is 626 g/mol. The average molecular weight is 627 g/mol. The number of rotatable bonds is 21. The number of benzene rings is 3. The molecule has 3 aromatic carbocycles. The minimum atomic E-state index is -0.715. The van der Waals surface area contributed by atoms with Gasteiger partial charge in [-0.25, -0.2) is 0 Å². The first kappa shape index (κ1) is 35.9. The number of aliphatic hydroxyl groups is 1. The summed E-state index contributed by atoms with van der Waals surface area (Å²) < 4.78 is 11.6. The second-order valence-corrected chi connectivity index (χ2v) is 11.3. The predicted octanol–water partition coefficient (Wildman–Crippen LogP) is 4.97. The van der Waals surface area contributed by atoms with Gasteiger partial charge in [0.2, 0.25) is 11.8 Å². The lowest BCUT2D eigenvalue weighted by molar-refractivity contribution is -0.150. The maximum Gasteiger partial charge on any atom is 0.309 e. The molecule has 3 rings (SSSR count). The van der Waals surface area contributed by atoms with E-state index in [2.05, 4.69) is 23.8 Å². The molecule has 8 nitrogen and oxygen atoms in total. The van der Waals surface area contributed by atoms with E-state index in [0.29, 0.717) is 25.9 Å². The molecule has 0 aliphatic carbocycles. The van der Waals surface area contributed by atoms with Crippen LogP contribution in [0.15, 0.2) is 116 Å². The normalized spacial score (nSPS) is 13.4. The number of hydrogen-bond donors (Lipinski definition) is 3. The lowest BCUT2D eigenvalue weighted by Crippen LogP contribution is -2.46. The highest BCUT2D eigenvalue weighted by Gasteiger charge is 2.26. The molecule has 244 valence electrons. The van der Waals surface area contributed by atoms with Gasteiger partial charge in [0.05, 0.1) is 43.7 Å². The van der Waals surface area contributed by atoms with Crippen LogP contribution in [0, 0.1) is 11.8 Å². The van der Waals surface area contributed by atoms with E-state index in [0.717, 1.165) is 16.7 Å². The molecule has 0 aromatic heterocycles. The Morgan fingerprint density at radius 2 is 1.24 bits per heavy atom. The third-order valence-electron chi connectivity index (χ3n) is 7.48. The zero-order valence-corrected chi connectivity index (χ0v) is 26.4. The summed E-state index contributed by atoms with van der Waals surface area (Å²) in [5.41, 5.74) is 2.96. The number of aliphatic hydroxyl groups excluding tert-OH is 1. The first-order valence-electron chi connectivity index (χ1n) is 15.7. The topological polar surface area (TPSA) is 114 Å². The Kier molecular flexibility index (Phi) is 16.0. The van der Waals surface area contributed by atoms with Crippen molar-refractivity contribution >= 4 is 17.8 Å². The molecule has 0 fully saturated rings. The Bertz CT molecular complexity index is 1350. The van der Waals surface area contributed by atoms with Crippen LogP contribution in [-0.2, 0) is 43.3 Å². The highest BCUT2D eigenvalue weighted by Crippen LogP contribution is 2.16. The summed E-state index contributed by atoms with van der Waals surface area (Å²) in [6.45, 7) is 7.63. The number of nitrogens with one attached hydrogen (secondary N) is 2. The van der Waals surface area contributed by atoms with Crippen LogP contribution in [-0.4, -0.2) is 54.8 Å². The third-order valence-corrected chi connectivity index (χ3v) is 7.48. The lowest BCUT2D eigenvalue weighted by atomic mass is 9.96. The summed E-state index contributed by atoms with van der Waals surface area (Å²) in [5, 5.41) is 15.6. The SMILES string of the molecule is C=CC[C@H](CC(=O)N[C@H](CO)Cc1ccccc1)C(=O)N[C@@H](COCc1ccccc1)COC(=O)[C@@H](CC=C)Cc1ccccc1. The minimum absolute atomic E-state index is 0.0927. The van der Waals surface area contributed by atoms with Gasteiger partial charge >= 0.3 is 5.97 Å². The fourth-order valence-corrected chi connectivity index (χ4v) is 5.06. The van der Waals surface area contributed by atoms with Gasteiger partial charge in [-0.05, 0) is 42.4 Å². The molecule has 0 spiro atoms. The first-order chi connectivity index (χ1) is 22.4. The molecule has 46 heavy (non-hydrogen) atoms. The van der Waals surface area contributed by atoms with Gasteiger partial charge < -0.3 is 25.2 Å². The van der Waals surface area contributed by atoms with Gasteiger partial charge in [0.15, 0.2) is 0 Å². The molecule has 8 heteroatoms. The molecule has 0 aliphatic heterocycles.